The van der Waals surface area contributed by atoms with Gasteiger partial charge in [0.05, 0.1) is 24.2 Å². The molecule has 1 aliphatic carbocycles. The number of rotatable bonds is 20. The molecule has 0 spiro atoms. The van der Waals surface area contributed by atoms with Crippen molar-refractivity contribution >= 4 is 76.3 Å². The number of benzene rings is 2. The Morgan fingerprint density at radius 3 is 2.01 bits per heavy atom. The number of anilines is 1. The molecular formula is C45H60F3N9O11S. The van der Waals surface area contributed by atoms with Crippen LogP contribution in [0.5, 0.6) is 0 Å². The summed E-state index contributed by atoms with van der Waals surface area (Å²) in [4.78, 5) is 132. The van der Waals surface area contributed by atoms with Crippen LogP contribution in [0.2, 0.25) is 0 Å². The zero-order valence-electron chi connectivity index (χ0n) is 39.1. The Hall–Kier alpha value is -6.40. The summed E-state index contributed by atoms with van der Waals surface area (Å²) in [6, 6.07) is 5.31. The maximum atomic E-state index is 14.5. The lowest BCUT2D eigenvalue weighted by Crippen LogP contribution is -2.59. The second-order valence-corrected chi connectivity index (χ2v) is 17.7. The number of hydrogen-bond acceptors (Lipinski definition) is 14. The molecular weight excluding hydrogens is 932 g/mol. The Morgan fingerprint density at radius 2 is 1.43 bits per heavy atom. The van der Waals surface area contributed by atoms with Crippen LogP contribution in [0.4, 0.5) is 18.9 Å². The molecule has 1 fully saturated rings. The Labute approximate surface area is 401 Å². The van der Waals surface area contributed by atoms with Gasteiger partial charge in [0.2, 0.25) is 29.5 Å². The third-order valence-corrected chi connectivity index (χ3v) is 11.5. The molecule has 20 nitrogen and oxygen atoms in total. The minimum absolute atomic E-state index is 0.0562. The van der Waals surface area contributed by atoms with E-state index >= 15 is 0 Å². The van der Waals surface area contributed by atoms with E-state index in [0.29, 0.717) is 23.4 Å². The van der Waals surface area contributed by atoms with Gasteiger partial charge >= 0.3 is 12.1 Å². The lowest BCUT2D eigenvalue weighted by Gasteiger charge is -2.33. The zero-order valence-corrected chi connectivity index (χ0v) is 39.9. The first-order valence-electron chi connectivity index (χ1n) is 22.0. The first-order valence-corrected chi connectivity index (χ1v) is 23.4. The van der Waals surface area contributed by atoms with Crippen LogP contribution in [0.15, 0.2) is 42.5 Å². The van der Waals surface area contributed by atoms with Gasteiger partial charge in [-0.15, -0.1) is 0 Å². The number of carbonyl (C=O) groups is 10. The number of nitrogens with zero attached hydrogens (tertiary/aromatic N) is 2. The Kier molecular flexibility index (Phi) is 21.3. The predicted molar refractivity (Wildman–Crippen MR) is 248 cm³/mol. The number of hydrogen-bond donors (Lipinski definition) is 8. The number of thioether (sulfide) groups is 1. The molecule has 4 rings (SSSR count). The standard InChI is InChI=1S/C43H59N9O9S.C2HF3O2/c1-23(2)20-32(50-34(53)21-47-40(58)30(45)22-62-6)42(60)51-18-10-16-33(51)43(61)52(41(59)26(5)49-39(57)25(4)48-38(56)24(3)44)19-11-17-46-31-15-9-14-29-35(31)37(55)28-13-8-7-12-27(28)36(29)54;3-2(4,5)1(6)7/h7-9,12-15,23-26,30,32-33,46H,10-11,16-22,44-45H2,1-6H3,(H,47,58)(H,48,56)(H,49,57)(H,50,53);(H,6,7)/t24-,25+,26+,30+,32+,33+;/m1./s1. The molecule has 2 aliphatic rings. The second-order valence-electron chi connectivity index (χ2n) is 16.8. The largest absolute Gasteiger partial charge is 0.490 e. The maximum Gasteiger partial charge on any atom is 0.490 e. The molecule has 1 aliphatic heterocycles. The highest BCUT2D eigenvalue weighted by molar-refractivity contribution is 7.98. The van der Waals surface area contributed by atoms with Crippen molar-refractivity contribution in [2.75, 3.05) is 43.5 Å². The summed E-state index contributed by atoms with van der Waals surface area (Å²) in [5.41, 5.74) is 12.9. The van der Waals surface area contributed by atoms with Crippen LogP contribution in [-0.4, -0.2) is 154 Å². The van der Waals surface area contributed by atoms with Gasteiger partial charge < -0.3 is 48.1 Å². The molecule has 69 heavy (non-hydrogen) atoms. The number of ketones is 2. The summed E-state index contributed by atoms with van der Waals surface area (Å²) >= 11 is 1.38. The van der Waals surface area contributed by atoms with Gasteiger partial charge in [-0.2, -0.15) is 24.9 Å². The van der Waals surface area contributed by atoms with Crippen molar-refractivity contribution in [1.29, 1.82) is 0 Å². The average molecular weight is 992 g/mol. The smallest absolute Gasteiger partial charge is 0.475 e. The van der Waals surface area contributed by atoms with Gasteiger partial charge in [0, 0.05) is 47.8 Å². The Balaban J connectivity index is 0.00000167. The quantitative estimate of drug-likeness (QED) is 0.0731. The molecule has 378 valence electrons. The van der Waals surface area contributed by atoms with Crippen LogP contribution >= 0.6 is 11.8 Å². The van der Waals surface area contributed by atoms with E-state index in [0.717, 1.165) is 4.90 Å². The number of carbonyl (C=O) groups excluding carboxylic acids is 9. The van der Waals surface area contributed by atoms with Crippen molar-refractivity contribution in [2.45, 2.75) is 103 Å². The molecule has 6 atom stereocenters. The molecule has 0 aromatic heterocycles. The molecule has 0 saturated carbocycles. The van der Waals surface area contributed by atoms with E-state index in [-0.39, 0.29) is 73.1 Å². The molecule has 24 heteroatoms. The minimum atomic E-state index is -5.08. The summed E-state index contributed by atoms with van der Waals surface area (Å²) in [6.45, 7) is 7.73. The number of carboxylic acids is 1. The van der Waals surface area contributed by atoms with Crippen LogP contribution in [0.3, 0.4) is 0 Å². The molecule has 2 aromatic rings. The van der Waals surface area contributed by atoms with E-state index in [1.165, 1.54) is 37.4 Å². The molecule has 0 radical (unpaired) electrons. The van der Waals surface area contributed by atoms with Crippen molar-refractivity contribution in [2.24, 2.45) is 17.4 Å². The molecule has 1 heterocycles. The SMILES string of the molecule is CSC[C@H](N)C(=O)NCC(=O)N[C@@H](CC(C)C)C(=O)N1CCC[C@H]1C(=O)N(CCCNc1cccc2c1C(=O)c1ccccc1C2=O)C(=O)[C@H](C)NC(=O)[C@H](C)NC(=O)[C@@H](C)N.O=C(O)C(F)(F)F. The first kappa shape index (κ1) is 56.9. The second kappa shape index (κ2) is 25.8. The summed E-state index contributed by atoms with van der Waals surface area (Å²) < 4.78 is 31.7. The monoisotopic (exact) mass is 991 g/mol. The van der Waals surface area contributed by atoms with E-state index in [4.69, 9.17) is 21.4 Å². The molecule has 10 N–H and O–H groups in total. The zero-order chi connectivity index (χ0) is 51.9. The summed E-state index contributed by atoms with van der Waals surface area (Å²) in [5.74, 6) is -7.48. The number of aliphatic carboxylic acids is 1. The highest BCUT2D eigenvalue weighted by Crippen LogP contribution is 2.32. The lowest BCUT2D eigenvalue weighted by atomic mass is 9.83. The number of alkyl halides is 3. The number of carboxylic acid groups (broad SMARTS) is 1. The summed E-state index contributed by atoms with van der Waals surface area (Å²) in [5, 5.41) is 20.5. The third-order valence-electron chi connectivity index (χ3n) is 10.8. The van der Waals surface area contributed by atoms with Crippen LogP contribution in [0.25, 0.3) is 0 Å². The van der Waals surface area contributed by atoms with E-state index in [1.54, 1.807) is 48.7 Å². The van der Waals surface area contributed by atoms with Crippen molar-refractivity contribution in [3.8, 4) is 0 Å². The van der Waals surface area contributed by atoms with Crippen molar-refractivity contribution in [3.05, 3.63) is 64.7 Å². The van der Waals surface area contributed by atoms with Crippen LogP contribution in [0.1, 0.15) is 92.1 Å². The van der Waals surface area contributed by atoms with Crippen LogP contribution in [0, 0.1) is 5.92 Å². The lowest BCUT2D eigenvalue weighted by molar-refractivity contribution is -0.192. The van der Waals surface area contributed by atoms with Gasteiger partial charge in [0.25, 0.3) is 11.8 Å². The highest BCUT2D eigenvalue weighted by Gasteiger charge is 2.42. The summed E-state index contributed by atoms with van der Waals surface area (Å²) in [7, 11) is 0. The van der Waals surface area contributed by atoms with Crippen molar-refractivity contribution < 1.29 is 66.2 Å². The fraction of sp³-hybridized carbons (Fsp3) is 0.511. The molecule has 7 amide bonds. The number of nitrogens with two attached hydrogens (primary N) is 2. The fourth-order valence-corrected chi connectivity index (χ4v) is 7.80. The van der Waals surface area contributed by atoms with Gasteiger partial charge in [0.15, 0.2) is 11.6 Å². The average Bonchev–Trinajstić information content (AvgIpc) is 3.79. The number of imide groups is 1. The van der Waals surface area contributed by atoms with Crippen LogP contribution < -0.4 is 38.1 Å². The topological polar surface area (TPSA) is 310 Å². The van der Waals surface area contributed by atoms with Gasteiger partial charge in [0.1, 0.15) is 24.2 Å². The van der Waals surface area contributed by atoms with Gasteiger partial charge in [-0.05, 0) is 64.7 Å². The van der Waals surface area contributed by atoms with Crippen molar-refractivity contribution in [1.82, 2.24) is 31.1 Å². The molecule has 0 unspecified atom stereocenters. The minimum Gasteiger partial charge on any atom is -0.475 e. The summed E-state index contributed by atoms with van der Waals surface area (Å²) in [6.07, 6.45) is -2.27. The molecule has 0 bridgehead atoms. The number of likely N-dealkylation sites (tertiary alicyclic amines) is 1. The van der Waals surface area contributed by atoms with Gasteiger partial charge in [-0.25, -0.2) is 4.79 Å². The Morgan fingerprint density at radius 1 is 0.841 bits per heavy atom. The molecule has 1 saturated heterocycles. The normalized spacial score (nSPS) is 16.2. The van der Waals surface area contributed by atoms with E-state index in [9.17, 15) is 56.3 Å². The number of nitrogens with one attached hydrogen (secondary N) is 5. The number of amides is 7. The van der Waals surface area contributed by atoms with E-state index in [2.05, 4.69) is 26.6 Å². The maximum absolute atomic E-state index is 14.5. The predicted octanol–water partition coefficient (Wildman–Crippen LogP) is 0.938. The van der Waals surface area contributed by atoms with E-state index in [1.807, 2.05) is 13.8 Å². The Bertz CT molecular complexity index is 2260. The van der Waals surface area contributed by atoms with Crippen LogP contribution in [-0.2, 0) is 38.4 Å². The fourth-order valence-electron chi connectivity index (χ4n) is 7.29. The van der Waals surface area contributed by atoms with E-state index < -0.39 is 96.3 Å². The van der Waals surface area contributed by atoms with Gasteiger partial charge in [-0.1, -0.05) is 50.2 Å². The molecule has 2 aromatic carbocycles. The number of fused-ring (bicyclic) bond motifs is 2. The first-order chi connectivity index (χ1) is 32.3. The van der Waals surface area contributed by atoms with Gasteiger partial charge in [-0.3, -0.25) is 48.1 Å². The number of halogens is 3. The van der Waals surface area contributed by atoms with Crippen molar-refractivity contribution in [3.63, 3.8) is 0 Å². The third kappa shape index (κ3) is 15.8. The highest BCUT2D eigenvalue weighted by atomic mass is 32.2.